The highest BCUT2D eigenvalue weighted by molar-refractivity contribution is 7.98. The lowest BCUT2D eigenvalue weighted by Crippen LogP contribution is -2.36. The van der Waals surface area contributed by atoms with Crippen molar-refractivity contribution >= 4 is 35.0 Å². The largest absolute Gasteiger partial charge is 0.308 e. The second kappa shape index (κ2) is 7.65. The van der Waals surface area contributed by atoms with E-state index in [-0.39, 0.29) is 11.8 Å². The summed E-state index contributed by atoms with van der Waals surface area (Å²) in [5, 5.41) is 4.60. The number of nitrogens with zero attached hydrogens (tertiary/aromatic N) is 4. The number of aromatic nitrogens is 3. The fourth-order valence-electron chi connectivity index (χ4n) is 2.18. The highest BCUT2D eigenvalue weighted by Gasteiger charge is 2.24. The van der Waals surface area contributed by atoms with Gasteiger partial charge in [0.1, 0.15) is 5.69 Å². The molecule has 0 bridgehead atoms. The molecule has 0 spiro atoms. The second-order valence-electron chi connectivity index (χ2n) is 4.90. The minimum absolute atomic E-state index is 0.0597. The van der Waals surface area contributed by atoms with Crippen LogP contribution in [-0.2, 0) is 4.79 Å². The molecule has 2 heterocycles. The van der Waals surface area contributed by atoms with Crippen molar-refractivity contribution in [2.24, 2.45) is 5.92 Å². The third-order valence-electron chi connectivity index (χ3n) is 3.27. The molecule has 2 aromatic heterocycles. The van der Waals surface area contributed by atoms with Crippen LogP contribution in [0.3, 0.4) is 0 Å². The summed E-state index contributed by atoms with van der Waals surface area (Å²) in [7, 11) is 0. The SMILES string of the molecule is CCN(C(=O)C(C)CSC)c1cn(-c2cccnc2)nc1Cl. The predicted octanol–water partition coefficient (Wildman–Crippen LogP) is 3.27. The smallest absolute Gasteiger partial charge is 0.230 e. The van der Waals surface area contributed by atoms with Crippen LogP contribution in [0.5, 0.6) is 0 Å². The lowest BCUT2D eigenvalue weighted by molar-refractivity contribution is -0.121. The van der Waals surface area contributed by atoms with Crippen molar-refractivity contribution in [1.29, 1.82) is 0 Å². The summed E-state index contributed by atoms with van der Waals surface area (Å²) >= 11 is 7.90. The number of carbonyl (C=O) groups is 1. The number of pyridine rings is 1. The van der Waals surface area contributed by atoms with E-state index in [0.717, 1.165) is 11.4 Å². The van der Waals surface area contributed by atoms with E-state index in [0.29, 0.717) is 17.4 Å². The van der Waals surface area contributed by atoms with Crippen LogP contribution in [0.25, 0.3) is 5.69 Å². The molecule has 0 aliphatic heterocycles. The van der Waals surface area contributed by atoms with Crippen molar-refractivity contribution in [1.82, 2.24) is 14.8 Å². The number of rotatable bonds is 6. The van der Waals surface area contributed by atoms with Crippen LogP contribution in [0.15, 0.2) is 30.7 Å². The number of amides is 1. The van der Waals surface area contributed by atoms with Crippen LogP contribution in [0.2, 0.25) is 5.15 Å². The van der Waals surface area contributed by atoms with Gasteiger partial charge in [-0.1, -0.05) is 18.5 Å². The summed E-state index contributed by atoms with van der Waals surface area (Å²) < 4.78 is 1.64. The Bertz CT molecular complexity index is 632. The molecule has 1 atom stereocenters. The summed E-state index contributed by atoms with van der Waals surface area (Å²) in [4.78, 5) is 18.3. The number of anilines is 1. The Kier molecular flexibility index (Phi) is 5.85. The van der Waals surface area contributed by atoms with Crippen molar-refractivity contribution < 1.29 is 4.79 Å². The van der Waals surface area contributed by atoms with E-state index in [9.17, 15) is 4.79 Å². The maximum Gasteiger partial charge on any atom is 0.230 e. The average Bonchev–Trinajstić information content (AvgIpc) is 2.91. The van der Waals surface area contributed by atoms with Crippen LogP contribution < -0.4 is 4.90 Å². The number of hydrogen-bond donors (Lipinski definition) is 0. The Hall–Kier alpha value is -1.53. The molecule has 118 valence electrons. The van der Waals surface area contributed by atoms with Crippen LogP contribution >= 0.6 is 23.4 Å². The normalized spacial score (nSPS) is 12.2. The van der Waals surface area contributed by atoms with Crippen molar-refractivity contribution in [2.45, 2.75) is 13.8 Å². The van der Waals surface area contributed by atoms with Gasteiger partial charge in [-0.25, -0.2) is 4.68 Å². The van der Waals surface area contributed by atoms with Crippen molar-refractivity contribution in [3.8, 4) is 5.69 Å². The molecule has 2 aromatic rings. The molecule has 0 fully saturated rings. The summed E-state index contributed by atoms with van der Waals surface area (Å²) in [5.74, 6) is 0.779. The van der Waals surface area contributed by atoms with Crippen LogP contribution in [0.1, 0.15) is 13.8 Å². The molecule has 0 aliphatic carbocycles. The number of carbonyl (C=O) groups excluding carboxylic acids is 1. The number of halogens is 1. The molecule has 0 saturated heterocycles. The molecule has 1 amide bonds. The Labute approximate surface area is 139 Å². The van der Waals surface area contributed by atoms with Crippen LogP contribution in [-0.4, -0.2) is 39.2 Å². The fourth-order valence-corrected chi connectivity index (χ4v) is 3.05. The minimum atomic E-state index is -0.0623. The first kappa shape index (κ1) is 16.8. The average molecular weight is 339 g/mol. The van der Waals surface area contributed by atoms with Gasteiger partial charge in [0.15, 0.2) is 5.15 Å². The highest BCUT2D eigenvalue weighted by Crippen LogP contribution is 2.27. The molecule has 0 aromatic carbocycles. The van der Waals surface area contributed by atoms with E-state index in [4.69, 9.17) is 11.6 Å². The molecule has 0 saturated carbocycles. The summed E-state index contributed by atoms with van der Waals surface area (Å²) in [6.45, 7) is 4.42. The lowest BCUT2D eigenvalue weighted by Gasteiger charge is -2.23. The maximum atomic E-state index is 12.6. The van der Waals surface area contributed by atoms with Gasteiger partial charge in [-0.05, 0) is 25.3 Å². The molecular weight excluding hydrogens is 320 g/mol. The van der Waals surface area contributed by atoms with Crippen molar-refractivity contribution in [3.63, 3.8) is 0 Å². The van der Waals surface area contributed by atoms with Gasteiger partial charge in [-0.2, -0.15) is 16.9 Å². The van der Waals surface area contributed by atoms with Crippen molar-refractivity contribution in [3.05, 3.63) is 35.9 Å². The van der Waals surface area contributed by atoms with Crippen molar-refractivity contribution in [2.75, 3.05) is 23.5 Å². The van der Waals surface area contributed by atoms with Gasteiger partial charge in [0.25, 0.3) is 0 Å². The first-order valence-corrected chi connectivity index (χ1v) is 8.81. The third kappa shape index (κ3) is 3.62. The van der Waals surface area contributed by atoms with Crippen LogP contribution in [0, 0.1) is 5.92 Å². The zero-order chi connectivity index (χ0) is 16.1. The first-order chi connectivity index (χ1) is 10.6. The van der Waals surface area contributed by atoms with Gasteiger partial charge >= 0.3 is 0 Å². The van der Waals surface area contributed by atoms with E-state index >= 15 is 0 Å². The predicted molar refractivity (Wildman–Crippen MR) is 91.9 cm³/mol. The number of hydrogen-bond acceptors (Lipinski definition) is 4. The first-order valence-electron chi connectivity index (χ1n) is 7.04. The zero-order valence-electron chi connectivity index (χ0n) is 12.9. The zero-order valence-corrected chi connectivity index (χ0v) is 14.4. The van der Waals surface area contributed by atoms with Gasteiger partial charge in [-0.3, -0.25) is 9.78 Å². The second-order valence-corrected chi connectivity index (χ2v) is 6.17. The summed E-state index contributed by atoms with van der Waals surface area (Å²) in [6.07, 6.45) is 7.16. The Morgan fingerprint density at radius 1 is 1.55 bits per heavy atom. The van der Waals surface area contributed by atoms with E-state index in [1.165, 1.54) is 0 Å². The minimum Gasteiger partial charge on any atom is -0.308 e. The molecule has 0 radical (unpaired) electrons. The molecular formula is C15H19ClN4OS. The molecule has 0 aliphatic rings. The fraction of sp³-hybridized carbons (Fsp3) is 0.400. The monoisotopic (exact) mass is 338 g/mol. The molecule has 5 nitrogen and oxygen atoms in total. The van der Waals surface area contributed by atoms with Gasteiger partial charge in [0.2, 0.25) is 5.91 Å². The quantitative estimate of drug-likeness (QED) is 0.811. The van der Waals surface area contributed by atoms with E-state index in [1.807, 2.05) is 32.2 Å². The number of thioether (sulfide) groups is 1. The Balaban J connectivity index is 2.31. The summed E-state index contributed by atoms with van der Waals surface area (Å²) in [5.41, 5.74) is 1.43. The molecule has 2 rings (SSSR count). The molecule has 7 heteroatoms. The third-order valence-corrected chi connectivity index (χ3v) is 4.38. The van der Waals surface area contributed by atoms with Gasteiger partial charge in [-0.15, -0.1) is 0 Å². The van der Waals surface area contributed by atoms with E-state index in [1.54, 1.807) is 39.9 Å². The van der Waals surface area contributed by atoms with E-state index < -0.39 is 0 Å². The topological polar surface area (TPSA) is 51.0 Å². The highest BCUT2D eigenvalue weighted by atomic mass is 35.5. The standard InChI is InChI=1S/C15H19ClN4OS/c1-4-19(15(21)11(2)10-22-3)13-9-20(18-14(13)16)12-6-5-7-17-8-12/h5-9,11H,4,10H2,1-3H3. The van der Waals surface area contributed by atoms with Gasteiger partial charge in [0.05, 0.1) is 18.1 Å². The maximum absolute atomic E-state index is 12.6. The summed E-state index contributed by atoms with van der Waals surface area (Å²) in [6, 6.07) is 3.71. The molecule has 0 N–H and O–H groups in total. The Morgan fingerprint density at radius 3 is 2.91 bits per heavy atom. The van der Waals surface area contributed by atoms with E-state index in [2.05, 4.69) is 10.1 Å². The Morgan fingerprint density at radius 2 is 2.32 bits per heavy atom. The molecule has 22 heavy (non-hydrogen) atoms. The van der Waals surface area contributed by atoms with Crippen LogP contribution in [0.4, 0.5) is 5.69 Å². The lowest BCUT2D eigenvalue weighted by atomic mass is 10.2. The molecule has 1 unspecified atom stereocenters. The van der Waals surface area contributed by atoms with Gasteiger partial charge < -0.3 is 4.90 Å². The van der Waals surface area contributed by atoms with Gasteiger partial charge in [0, 0.05) is 24.4 Å².